The molecule has 2 heterocycles. The van der Waals surface area contributed by atoms with E-state index < -0.39 is 5.97 Å². The van der Waals surface area contributed by atoms with Crippen LogP contribution in [-0.4, -0.2) is 34.1 Å². The van der Waals surface area contributed by atoms with Gasteiger partial charge in [-0.1, -0.05) is 0 Å². The summed E-state index contributed by atoms with van der Waals surface area (Å²) < 4.78 is 0. The maximum absolute atomic E-state index is 11.9. The molecule has 23 heavy (non-hydrogen) atoms. The lowest BCUT2D eigenvalue weighted by Gasteiger charge is -2.25. The number of hydrogen-bond acceptors (Lipinski definition) is 6. The Labute approximate surface area is 131 Å². The molecule has 1 unspecified atom stereocenters. The van der Waals surface area contributed by atoms with Crippen molar-refractivity contribution in [3.8, 4) is 0 Å². The molecule has 0 bridgehead atoms. The number of nitrogens with two attached hydrogens (primary N) is 1. The molecule has 2 aromatic rings. The number of nitrogen functional groups attached to an aromatic ring is 1. The van der Waals surface area contributed by atoms with Crippen molar-refractivity contribution in [3.05, 3.63) is 45.7 Å². The molecular weight excluding hydrogens is 298 g/mol. The Kier molecular flexibility index (Phi) is 3.88. The molecule has 0 saturated heterocycles. The highest BCUT2D eigenvalue weighted by molar-refractivity contribution is 5.87. The number of benzene rings is 1. The molecule has 120 valence electrons. The van der Waals surface area contributed by atoms with E-state index in [2.05, 4.69) is 20.6 Å². The molecule has 1 aromatic heterocycles. The Bertz CT molecular complexity index is 785. The van der Waals surface area contributed by atoms with Crippen LogP contribution in [0.4, 0.5) is 17.5 Å². The average molecular weight is 315 g/mol. The van der Waals surface area contributed by atoms with E-state index in [-0.39, 0.29) is 23.0 Å². The summed E-state index contributed by atoms with van der Waals surface area (Å²) in [6, 6.07) is 6.55. The molecule has 8 nitrogen and oxygen atoms in total. The van der Waals surface area contributed by atoms with Crippen molar-refractivity contribution in [1.29, 1.82) is 0 Å². The molecule has 0 fully saturated rings. The van der Waals surface area contributed by atoms with Crippen molar-refractivity contribution in [2.24, 2.45) is 5.92 Å². The summed E-state index contributed by atoms with van der Waals surface area (Å²) in [6.07, 6.45) is 0.602. The maximum Gasteiger partial charge on any atom is 0.335 e. The quantitative estimate of drug-likeness (QED) is 0.562. The molecule has 0 spiro atoms. The van der Waals surface area contributed by atoms with Crippen LogP contribution in [0.25, 0.3) is 0 Å². The molecule has 1 aromatic carbocycles. The van der Waals surface area contributed by atoms with Crippen molar-refractivity contribution in [1.82, 2.24) is 9.97 Å². The second-order valence-electron chi connectivity index (χ2n) is 5.49. The number of hydrogen-bond donors (Lipinski definition) is 5. The fourth-order valence-electron chi connectivity index (χ4n) is 2.59. The van der Waals surface area contributed by atoms with Gasteiger partial charge >= 0.3 is 5.97 Å². The van der Waals surface area contributed by atoms with Gasteiger partial charge < -0.3 is 21.5 Å². The van der Waals surface area contributed by atoms with Gasteiger partial charge in [-0.05, 0) is 36.6 Å². The van der Waals surface area contributed by atoms with Gasteiger partial charge in [-0.2, -0.15) is 4.98 Å². The fraction of sp³-hybridized carbons (Fsp3) is 0.267. The van der Waals surface area contributed by atoms with E-state index in [0.29, 0.717) is 30.9 Å². The molecule has 1 atom stereocenters. The van der Waals surface area contributed by atoms with Gasteiger partial charge in [0.15, 0.2) is 0 Å². The van der Waals surface area contributed by atoms with Crippen LogP contribution in [0.3, 0.4) is 0 Å². The number of nitrogens with one attached hydrogen (secondary N) is 3. The van der Waals surface area contributed by atoms with Crippen molar-refractivity contribution in [2.75, 3.05) is 29.5 Å². The predicted octanol–water partition coefficient (Wildman–Crippen LogP) is 0.747. The minimum Gasteiger partial charge on any atom is -0.478 e. The first-order chi connectivity index (χ1) is 11.0. The Morgan fingerprint density at radius 1 is 1.39 bits per heavy atom. The fourth-order valence-corrected chi connectivity index (χ4v) is 2.59. The lowest BCUT2D eigenvalue weighted by atomic mass is 9.96. The number of rotatable bonds is 4. The monoisotopic (exact) mass is 315 g/mol. The molecule has 0 saturated carbocycles. The van der Waals surface area contributed by atoms with Crippen LogP contribution in [0, 0.1) is 5.92 Å². The molecule has 1 aliphatic rings. The number of carboxylic acid groups (broad SMARTS) is 1. The number of aromatic nitrogens is 2. The van der Waals surface area contributed by atoms with Crippen LogP contribution in [0.1, 0.15) is 15.9 Å². The minimum absolute atomic E-state index is 0.108. The topological polar surface area (TPSA) is 133 Å². The zero-order chi connectivity index (χ0) is 16.4. The summed E-state index contributed by atoms with van der Waals surface area (Å²) in [7, 11) is 0. The van der Waals surface area contributed by atoms with Gasteiger partial charge in [0, 0.05) is 18.8 Å². The van der Waals surface area contributed by atoms with Gasteiger partial charge in [0.2, 0.25) is 5.95 Å². The van der Waals surface area contributed by atoms with E-state index in [1.165, 1.54) is 0 Å². The van der Waals surface area contributed by atoms with E-state index in [9.17, 15) is 9.59 Å². The highest BCUT2D eigenvalue weighted by Crippen LogP contribution is 2.20. The zero-order valence-electron chi connectivity index (χ0n) is 12.3. The Morgan fingerprint density at radius 3 is 2.83 bits per heavy atom. The van der Waals surface area contributed by atoms with Gasteiger partial charge in [-0.25, -0.2) is 4.79 Å². The molecule has 0 radical (unpaired) electrons. The zero-order valence-corrected chi connectivity index (χ0v) is 12.3. The Morgan fingerprint density at radius 2 is 2.13 bits per heavy atom. The minimum atomic E-state index is -0.948. The van der Waals surface area contributed by atoms with Crippen LogP contribution >= 0.6 is 0 Å². The molecule has 1 aliphatic heterocycles. The van der Waals surface area contributed by atoms with Crippen molar-refractivity contribution < 1.29 is 9.90 Å². The van der Waals surface area contributed by atoms with Crippen molar-refractivity contribution in [3.63, 3.8) is 0 Å². The number of carbonyl (C=O) groups is 1. The van der Waals surface area contributed by atoms with Gasteiger partial charge in [0.05, 0.1) is 11.1 Å². The summed E-state index contributed by atoms with van der Waals surface area (Å²) >= 11 is 0. The molecular formula is C15H17N5O3. The largest absolute Gasteiger partial charge is 0.478 e. The number of anilines is 3. The molecule has 8 heteroatoms. The lowest BCUT2D eigenvalue weighted by Crippen LogP contribution is -2.34. The SMILES string of the molecule is Nc1nc2c(c(=O)[nH]1)CC(CNc1ccc(C(=O)O)cc1)CN2. The second kappa shape index (κ2) is 5.99. The third-order valence-corrected chi connectivity index (χ3v) is 3.81. The summed E-state index contributed by atoms with van der Waals surface area (Å²) in [5.74, 6) is -0.0755. The van der Waals surface area contributed by atoms with E-state index in [1.54, 1.807) is 24.3 Å². The third kappa shape index (κ3) is 3.25. The van der Waals surface area contributed by atoms with Gasteiger partial charge in [-0.3, -0.25) is 9.78 Å². The highest BCUT2D eigenvalue weighted by atomic mass is 16.4. The predicted molar refractivity (Wildman–Crippen MR) is 86.8 cm³/mol. The number of H-pyrrole nitrogens is 1. The van der Waals surface area contributed by atoms with Crippen LogP contribution < -0.4 is 21.9 Å². The summed E-state index contributed by atoms with van der Waals surface area (Å²) in [4.78, 5) is 29.3. The summed E-state index contributed by atoms with van der Waals surface area (Å²) in [5.41, 5.74) is 7.01. The van der Waals surface area contributed by atoms with E-state index in [4.69, 9.17) is 10.8 Å². The molecule has 6 N–H and O–H groups in total. The van der Waals surface area contributed by atoms with E-state index >= 15 is 0 Å². The Balaban J connectivity index is 1.64. The van der Waals surface area contributed by atoms with Gasteiger partial charge in [0.1, 0.15) is 5.82 Å². The van der Waals surface area contributed by atoms with Crippen LogP contribution in [0.15, 0.2) is 29.1 Å². The number of aromatic carboxylic acids is 1. The number of fused-ring (bicyclic) bond motifs is 1. The third-order valence-electron chi connectivity index (χ3n) is 3.81. The normalized spacial score (nSPS) is 16.3. The number of carboxylic acids is 1. The van der Waals surface area contributed by atoms with Crippen LogP contribution in [0.2, 0.25) is 0 Å². The van der Waals surface area contributed by atoms with E-state index in [1.807, 2.05) is 0 Å². The average Bonchev–Trinajstić information content (AvgIpc) is 2.53. The summed E-state index contributed by atoms with van der Waals surface area (Å²) in [5, 5.41) is 15.2. The highest BCUT2D eigenvalue weighted by Gasteiger charge is 2.22. The number of aromatic amines is 1. The maximum atomic E-state index is 11.9. The molecule has 3 rings (SSSR count). The molecule has 0 amide bonds. The van der Waals surface area contributed by atoms with E-state index in [0.717, 1.165) is 5.69 Å². The van der Waals surface area contributed by atoms with Crippen molar-refractivity contribution >= 4 is 23.4 Å². The van der Waals surface area contributed by atoms with Crippen LogP contribution in [-0.2, 0) is 6.42 Å². The summed E-state index contributed by atoms with van der Waals surface area (Å²) in [6.45, 7) is 1.34. The second-order valence-corrected chi connectivity index (χ2v) is 5.49. The lowest BCUT2D eigenvalue weighted by molar-refractivity contribution is 0.0697. The molecule has 0 aliphatic carbocycles. The standard InChI is InChI=1S/C15H17N5O3/c16-15-19-12-11(13(21)20-15)5-8(7-18-12)6-17-10-3-1-9(2-4-10)14(22)23/h1-4,8,17H,5-7H2,(H,22,23)(H4,16,18,19,20,21). The number of nitrogens with zero attached hydrogens (tertiary/aromatic N) is 1. The first-order valence-corrected chi connectivity index (χ1v) is 7.22. The first-order valence-electron chi connectivity index (χ1n) is 7.22. The van der Waals surface area contributed by atoms with Crippen molar-refractivity contribution in [2.45, 2.75) is 6.42 Å². The Hall–Kier alpha value is -3.03. The van der Waals surface area contributed by atoms with Gasteiger partial charge in [0.25, 0.3) is 5.56 Å². The first kappa shape index (κ1) is 14.9. The smallest absolute Gasteiger partial charge is 0.335 e. The van der Waals surface area contributed by atoms with Gasteiger partial charge in [-0.15, -0.1) is 0 Å². The van der Waals surface area contributed by atoms with Crippen LogP contribution in [0.5, 0.6) is 0 Å².